The van der Waals surface area contributed by atoms with Gasteiger partial charge in [-0.1, -0.05) is 53.5 Å². The number of halogens is 5. The number of hydrogen-bond donors (Lipinski definition) is 0. The van der Waals surface area contributed by atoms with Crippen LogP contribution >= 0.6 is 34.5 Å². The summed E-state index contributed by atoms with van der Waals surface area (Å²) in [7, 11) is 0. The van der Waals surface area contributed by atoms with E-state index in [2.05, 4.69) is 15.1 Å². The predicted molar refractivity (Wildman–Crippen MR) is 128 cm³/mol. The van der Waals surface area contributed by atoms with E-state index in [1.165, 1.54) is 16.0 Å². The summed E-state index contributed by atoms with van der Waals surface area (Å²) in [5.41, 5.74) is 1.59. The maximum Gasteiger partial charge on any atom is 0.433 e. The maximum absolute atomic E-state index is 13.7. The molecule has 0 saturated heterocycles. The number of hydrogen-bond acceptors (Lipinski definition) is 4. The quantitative estimate of drug-likeness (QED) is 0.242. The van der Waals surface area contributed by atoms with Gasteiger partial charge in [-0.25, -0.2) is 9.97 Å². The van der Waals surface area contributed by atoms with Crippen molar-refractivity contribution >= 4 is 34.5 Å². The molecular weight excluding hydrogens is 504 g/mol. The summed E-state index contributed by atoms with van der Waals surface area (Å²) in [6.07, 6.45) is -4.66. The lowest BCUT2D eigenvalue weighted by molar-refractivity contribution is -0.141. The van der Waals surface area contributed by atoms with Crippen molar-refractivity contribution < 1.29 is 13.2 Å². The van der Waals surface area contributed by atoms with Crippen LogP contribution in [0.4, 0.5) is 13.2 Å². The van der Waals surface area contributed by atoms with Crippen molar-refractivity contribution in [2.24, 2.45) is 0 Å². The molecule has 0 bridgehead atoms. The number of rotatable bonds is 4. The molecule has 3 heterocycles. The summed E-state index contributed by atoms with van der Waals surface area (Å²) >= 11 is 13.3. The average Bonchev–Trinajstić information content (AvgIpc) is 3.50. The van der Waals surface area contributed by atoms with Crippen LogP contribution in [0.25, 0.3) is 39.0 Å². The van der Waals surface area contributed by atoms with Crippen molar-refractivity contribution in [3.63, 3.8) is 0 Å². The molecule has 0 aliphatic rings. The Labute approximate surface area is 206 Å². The standard InChI is InChI=1S/C24H13Cl2F3N4S/c25-16-7-3-14(4-8-16)18-12-20(15-5-9-17(26)10-6-15)33(32-18)23-30-19(21-2-1-11-34-21)13-22(31-23)24(27,28)29/h1-13H. The van der Waals surface area contributed by atoms with Gasteiger partial charge in [0.1, 0.15) is 0 Å². The van der Waals surface area contributed by atoms with Crippen molar-refractivity contribution in [2.45, 2.75) is 6.18 Å². The van der Waals surface area contributed by atoms with Gasteiger partial charge in [0.15, 0.2) is 5.69 Å². The molecule has 0 N–H and O–H groups in total. The zero-order valence-corrected chi connectivity index (χ0v) is 19.4. The highest BCUT2D eigenvalue weighted by atomic mass is 35.5. The van der Waals surface area contributed by atoms with Crippen LogP contribution in [0.2, 0.25) is 10.0 Å². The Bertz CT molecular complexity index is 1450. The van der Waals surface area contributed by atoms with Crippen LogP contribution in [0.5, 0.6) is 0 Å². The molecule has 0 radical (unpaired) electrons. The number of thiophene rings is 1. The van der Waals surface area contributed by atoms with E-state index in [4.69, 9.17) is 23.2 Å². The Hall–Kier alpha value is -3.20. The second kappa shape index (κ2) is 8.87. The molecular formula is C24H13Cl2F3N4S. The molecule has 3 aromatic heterocycles. The minimum Gasteiger partial charge on any atom is -0.210 e. The highest BCUT2D eigenvalue weighted by molar-refractivity contribution is 7.13. The topological polar surface area (TPSA) is 43.6 Å². The predicted octanol–water partition coefficient (Wildman–Crippen LogP) is 8.05. The fourth-order valence-corrected chi connectivity index (χ4v) is 4.28. The molecule has 4 nitrogen and oxygen atoms in total. The first-order valence-electron chi connectivity index (χ1n) is 9.90. The van der Waals surface area contributed by atoms with Crippen LogP contribution in [0, 0.1) is 0 Å². The van der Waals surface area contributed by atoms with Gasteiger partial charge in [-0.15, -0.1) is 11.3 Å². The van der Waals surface area contributed by atoms with Crippen LogP contribution in [0.15, 0.2) is 78.2 Å². The van der Waals surface area contributed by atoms with Gasteiger partial charge in [-0.05, 0) is 47.8 Å². The van der Waals surface area contributed by atoms with E-state index < -0.39 is 11.9 Å². The molecule has 0 unspecified atom stereocenters. The third-order valence-electron chi connectivity index (χ3n) is 4.96. The Morgan fingerprint density at radius 2 is 1.41 bits per heavy atom. The molecule has 0 aliphatic carbocycles. The van der Waals surface area contributed by atoms with Gasteiger partial charge in [-0.3, -0.25) is 0 Å². The molecule has 5 rings (SSSR count). The fourth-order valence-electron chi connectivity index (χ4n) is 3.35. The smallest absolute Gasteiger partial charge is 0.210 e. The molecule has 10 heteroatoms. The van der Waals surface area contributed by atoms with Gasteiger partial charge in [0.05, 0.1) is 22.0 Å². The molecule has 0 saturated carbocycles. The Balaban J connectivity index is 1.74. The summed E-state index contributed by atoms with van der Waals surface area (Å²) in [4.78, 5) is 8.86. The van der Waals surface area contributed by atoms with Crippen molar-refractivity contribution in [1.29, 1.82) is 0 Å². The molecule has 0 aliphatic heterocycles. The van der Waals surface area contributed by atoms with Crippen LogP contribution < -0.4 is 0 Å². The normalized spacial score (nSPS) is 11.7. The summed E-state index contributed by atoms with van der Waals surface area (Å²) < 4.78 is 42.5. The summed E-state index contributed by atoms with van der Waals surface area (Å²) in [5, 5.41) is 7.44. The minimum atomic E-state index is -4.66. The van der Waals surface area contributed by atoms with E-state index in [-0.39, 0.29) is 11.6 Å². The summed E-state index contributed by atoms with van der Waals surface area (Å²) in [6, 6.07) is 20.1. The Morgan fingerprint density at radius 3 is 2.00 bits per heavy atom. The van der Waals surface area contributed by atoms with E-state index >= 15 is 0 Å². The summed E-state index contributed by atoms with van der Waals surface area (Å²) in [5.74, 6) is -0.191. The van der Waals surface area contributed by atoms with Gasteiger partial charge in [0, 0.05) is 21.2 Å². The van der Waals surface area contributed by atoms with E-state index in [0.717, 1.165) is 11.6 Å². The fraction of sp³-hybridized carbons (Fsp3) is 0.0417. The van der Waals surface area contributed by atoms with Crippen molar-refractivity contribution in [1.82, 2.24) is 19.7 Å². The largest absolute Gasteiger partial charge is 0.433 e. The lowest BCUT2D eigenvalue weighted by Crippen LogP contribution is -2.14. The van der Waals surface area contributed by atoms with E-state index in [1.807, 2.05) is 0 Å². The Kier molecular flexibility index (Phi) is 5.89. The molecule has 34 heavy (non-hydrogen) atoms. The lowest BCUT2D eigenvalue weighted by Gasteiger charge is -2.12. The van der Waals surface area contributed by atoms with E-state index in [1.54, 1.807) is 72.1 Å². The van der Waals surface area contributed by atoms with Crippen LogP contribution in [-0.4, -0.2) is 19.7 Å². The molecule has 0 spiro atoms. The monoisotopic (exact) mass is 516 g/mol. The van der Waals surface area contributed by atoms with Crippen molar-refractivity contribution in [3.8, 4) is 39.0 Å². The molecule has 0 fully saturated rings. The van der Waals surface area contributed by atoms with Crippen molar-refractivity contribution in [3.05, 3.63) is 93.9 Å². The number of nitrogens with zero attached hydrogens (tertiary/aromatic N) is 4. The Morgan fingerprint density at radius 1 is 0.765 bits per heavy atom. The SMILES string of the molecule is FC(F)(F)c1cc(-c2cccs2)nc(-n2nc(-c3ccc(Cl)cc3)cc2-c2ccc(Cl)cc2)n1. The number of alkyl halides is 3. The zero-order valence-electron chi connectivity index (χ0n) is 17.1. The molecule has 5 aromatic rings. The molecule has 0 amide bonds. The first-order chi connectivity index (χ1) is 16.3. The average molecular weight is 517 g/mol. The zero-order chi connectivity index (χ0) is 23.9. The van der Waals surface area contributed by atoms with Crippen LogP contribution in [0.3, 0.4) is 0 Å². The minimum absolute atomic E-state index is 0.165. The highest BCUT2D eigenvalue weighted by Gasteiger charge is 2.34. The van der Waals surface area contributed by atoms with Gasteiger partial charge < -0.3 is 0 Å². The van der Waals surface area contributed by atoms with Crippen molar-refractivity contribution in [2.75, 3.05) is 0 Å². The molecule has 170 valence electrons. The maximum atomic E-state index is 13.7. The van der Waals surface area contributed by atoms with E-state index in [9.17, 15) is 13.2 Å². The summed E-state index contributed by atoms with van der Waals surface area (Å²) in [6.45, 7) is 0. The number of benzene rings is 2. The number of aromatic nitrogens is 4. The van der Waals surface area contributed by atoms with E-state index in [0.29, 0.717) is 31.9 Å². The van der Waals surface area contributed by atoms with Gasteiger partial charge in [0.25, 0.3) is 5.95 Å². The third kappa shape index (κ3) is 4.57. The molecule has 0 atom stereocenters. The van der Waals surface area contributed by atoms with Crippen LogP contribution in [0.1, 0.15) is 5.69 Å². The third-order valence-corrected chi connectivity index (χ3v) is 6.35. The van der Waals surface area contributed by atoms with Gasteiger partial charge in [0.2, 0.25) is 0 Å². The van der Waals surface area contributed by atoms with Crippen LogP contribution in [-0.2, 0) is 6.18 Å². The first kappa shape index (κ1) is 22.6. The second-order valence-electron chi connectivity index (χ2n) is 7.25. The molecule has 2 aromatic carbocycles. The lowest BCUT2D eigenvalue weighted by atomic mass is 10.1. The second-order valence-corrected chi connectivity index (χ2v) is 9.07. The highest BCUT2D eigenvalue weighted by Crippen LogP contribution is 2.34. The van der Waals surface area contributed by atoms with Gasteiger partial charge >= 0.3 is 6.18 Å². The first-order valence-corrected chi connectivity index (χ1v) is 11.5. The van der Waals surface area contributed by atoms with Gasteiger partial charge in [-0.2, -0.15) is 23.0 Å².